The minimum absolute atomic E-state index is 0.0339. The zero-order valence-corrected chi connectivity index (χ0v) is 12.9. The van der Waals surface area contributed by atoms with Crippen molar-refractivity contribution in [2.24, 2.45) is 0 Å². The molecule has 0 aliphatic carbocycles. The molecule has 1 aromatic heterocycles. The lowest BCUT2D eigenvalue weighted by Gasteiger charge is -2.05. The van der Waals surface area contributed by atoms with E-state index in [0.29, 0.717) is 0 Å². The maximum Gasteiger partial charge on any atom is 0.327 e. The molecule has 1 heterocycles. The van der Waals surface area contributed by atoms with E-state index in [2.05, 4.69) is 5.32 Å². The molecule has 0 saturated heterocycles. The number of amides is 1. The van der Waals surface area contributed by atoms with Gasteiger partial charge in [0.1, 0.15) is 5.69 Å². The highest BCUT2D eigenvalue weighted by Crippen LogP contribution is 2.23. The van der Waals surface area contributed by atoms with Crippen molar-refractivity contribution in [3.63, 3.8) is 0 Å². The van der Waals surface area contributed by atoms with Gasteiger partial charge in [-0.25, -0.2) is 0 Å². The van der Waals surface area contributed by atoms with Gasteiger partial charge in [0.05, 0.1) is 4.92 Å². The van der Waals surface area contributed by atoms with Crippen LogP contribution in [-0.4, -0.2) is 16.7 Å². The zero-order valence-electron chi connectivity index (χ0n) is 12.9. The summed E-state index contributed by atoms with van der Waals surface area (Å²) >= 11 is 0. The first-order valence-electron chi connectivity index (χ1n) is 7.32. The van der Waals surface area contributed by atoms with Crippen LogP contribution in [0.2, 0.25) is 0 Å². The first kappa shape index (κ1) is 16.0. The van der Waals surface area contributed by atoms with Crippen LogP contribution in [0.5, 0.6) is 0 Å². The lowest BCUT2D eigenvalue weighted by Crippen LogP contribution is -2.38. The second kappa shape index (κ2) is 6.74. The van der Waals surface area contributed by atoms with E-state index in [1.807, 2.05) is 30.1 Å². The van der Waals surface area contributed by atoms with E-state index in [9.17, 15) is 20.3 Å². The van der Waals surface area contributed by atoms with E-state index in [0.717, 1.165) is 10.8 Å². The summed E-state index contributed by atoms with van der Waals surface area (Å²) in [5, 5.41) is 24.7. The summed E-state index contributed by atoms with van der Waals surface area (Å²) < 4.78 is 1.40. The van der Waals surface area contributed by atoms with Gasteiger partial charge in [0.25, 0.3) is 11.4 Å². The molecule has 0 aliphatic rings. The molecule has 2 aromatic carbocycles. The predicted molar refractivity (Wildman–Crippen MR) is 93.9 cm³/mol. The lowest BCUT2D eigenvalue weighted by atomic mass is 10.2. The second-order valence-corrected chi connectivity index (χ2v) is 5.17. The van der Waals surface area contributed by atoms with Gasteiger partial charge in [-0.3, -0.25) is 14.9 Å². The molecule has 0 fully saturated rings. The molecule has 3 aromatic rings. The smallest absolute Gasteiger partial charge is 0.327 e. The van der Waals surface area contributed by atoms with Crippen molar-refractivity contribution in [2.45, 2.75) is 0 Å². The molecule has 0 atom stereocenters. The molecule has 0 aliphatic heterocycles. The summed E-state index contributed by atoms with van der Waals surface area (Å²) in [5.41, 5.74) is -0.396. The fourth-order valence-electron chi connectivity index (χ4n) is 2.42. The quantitative estimate of drug-likeness (QED) is 0.261. The van der Waals surface area contributed by atoms with Gasteiger partial charge in [0.2, 0.25) is 0 Å². The fraction of sp³-hybridized carbons (Fsp3) is 0. The Balaban J connectivity index is 1.94. The Labute approximate surface area is 142 Å². The number of nitro groups is 1. The molecular formula is C18H12N4O3. The standard InChI is InChI=1S/C18H12N4O3/c19-11-17(21-10-9-13-5-1-2-6-14(13)12-21)18(23)20-15-7-3-4-8-16(15)22(24)25/h1-10,12H,(H,20,23). The number of hydrogen-bond acceptors (Lipinski definition) is 3. The van der Waals surface area contributed by atoms with Gasteiger partial charge in [-0.15, -0.1) is 0 Å². The van der Waals surface area contributed by atoms with E-state index in [4.69, 9.17) is 0 Å². The van der Waals surface area contributed by atoms with Gasteiger partial charge < -0.3 is 10.7 Å². The molecule has 0 spiro atoms. The highest BCUT2D eigenvalue weighted by atomic mass is 16.6. The average Bonchev–Trinajstić information content (AvgIpc) is 2.62. The third-order valence-electron chi connectivity index (χ3n) is 3.62. The molecule has 3 rings (SSSR count). The Morgan fingerprint density at radius 1 is 1.08 bits per heavy atom. The van der Waals surface area contributed by atoms with Crippen LogP contribution in [-0.2, 0) is 4.79 Å². The number of anilines is 1. The van der Waals surface area contributed by atoms with E-state index in [1.165, 1.54) is 22.8 Å². The van der Waals surface area contributed by atoms with Crippen LogP contribution >= 0.6 is 0 Å². The van der Waals surface area contributed by atoms with Crippen molar-refractivity contribution in [2.75, 3.05) is 5.32 Å². The maximum atomic E-state index is 12.4. The van der Waals surface area contributed by atoms with Crippen LogP contribution in [0.15, 0.2) is 67.0 Å². The number of carbonyl (C=O) groups is 1. The Morgan fingerprint density at radius 3 is 2.48 bits per heavy atom. The predicted octanol–water partition coefficient (Wildman–Crippen LogP) is 2.75. The van der Waals surface area contributed by atoms with Crippen LogP contribution < -0.4 is 9.88 Å². The van der Waals surface area contributed by atoms with Crippen molar-refractivity contribution in [3.05, 3.63) is 82.5 Å². The van der Waals surface area contributed by atoms with Crippen molar-refractivity contribution in [3.8, 4) is 0 Å². The molecule has 25 heavy (non-hydrogen) atoms. The van der Waals surface area contributed by atoms with Gasteiger partial charge in [0.15, 0.2) is 12.4 Å². The first-order valence-corrected chi connectivity index (χ1v) is 7.32. The summed E-state index contributed by atoms with van der Waals surface area (Å²) in [6, 6.07) is 15.1. The largest absolute Gasteiger partial charge is 0.757 e. The van der Waals surface area contributed by atoms with Crippen LogP contribution in [0.4, 0.5) is 11.4 Å². The topological polar surface area (TPSA) is 98.4 Å². The number of nitrogens with one attached hydrogen (secondary N) is 1. The first-order chi connectivity index (χ1) is 12.1. The minimum atomic E-state index is -0.725. The summed E-state index contributed by atoms with van der Waals surface area (Å²) in [4.78, 5) is 22.9. The lowest BCUT2D eigenvalue weighted by molar-refractivity contribution is -0.574. The second-order valence-electron chi connectivity index (χ2n) is 5.17. The van der Waals surface area contributed by atoms with E-state index in [-0.39, 0.29) is 17.1 Å². The number of hydrogen-bond donors (Lipinski definition) is 1. The molecular weight excluding hydrogens is 320 g/mol. The molecule has 122 valence electrons. The van der Waals surface area contributed by atoms with E-state index >= 15 is 0 Å². The molecule has 1 amide bonds. The summed E-state index contributed by atoms with van der Waals surface area (Å²) in [5.74, 6) is 1.12. The SMILES string of the molecule is [N-]=C=C(C(=O)Nc1ccccc1[N+](=O)[O-])[n+]1ccc2ccccc2c1. The summed E-state index contributed by atoms with van der Waals surface area (Å²) in [7, 11) is 0. The monoisotopic (exact) mass is 332 g/mol. The number of nitrogens with zero attached hydrogens (tertiary/aromatic N) is 3. The van der Waals surface area contributed by atoms with E-state index < -0.39 is 10.8 Å². The molecule has 7 nitrogen and oxygen atoms in total. The highest BCUT2D eigenvalue weighted by Gasteiger charge is 2.22. The normalized spacial score (nSPS) is 10.1. The summed E-state index contributed by atoms with van der Waals surface area (Å²) in [6.07, 6.45) is 3.26. The van der Waals surface area contributed by atoms with Crippen molar-refractivity contribution in [1.82, 2.24) is 0 Å². The molecule has 0 radical (unpaired) electrons. The number of para-hydroxylation sites is 2. The van der Waals surface area contributed by atoms with Crippen molar-refractivity contribution < 1.29 is 14.3 Å². The highest BCUT2D eigenvalue weighted by molar-refractivity contribution is 6.25. The van der Waals surface area contributed by atoms with Crippen LogP contribution in [0.1, 0.15) is 0 Å². The number of pyridine rings is 1. The van der Waals surface area contributed by atoms with Gasteiger partial charge in [-0.1, -0.05) is 30.3 Å². The van der Waals surface area contributed by atoms with E-state index in [1.54, 1.807) is 24.5 Å². The maximum absolute atomic E-state index is 12.4. The number of fused-ring (bicyclic) bond motifs is 1. The Hall–Kier alpha value is -3.83. The molecule has 0 saturated carbocycles. The number of aromatic nitrogens is 1. The molecule has 0 bridgehead atoms. The number of carbonyl (C=O) groups excluding carboxylic acids is 1. The third-order valence-corrected chi connectivity index (χ3v) is 3.62. The van der Waals surface area contributed by atoms with Gasteiger partial charge in [-0.2, -0.15) is 10.4 Å². The third kappa shape index (κ3) is 3.26. The van der Waals surface area contributed by atoms with Crippen LogP contribution in [0, 0.1) is 10.1 Å². The number of rotatable bonds is 4. The molecule has 7 heteroatoms. The molecule has 1 N–H and O–H groups in total. The Bertz CT molecular complexity index is 1040. The summed E-state index contributed by atoms with van der Waals surface area (Å²) in [6.45, 7) is 0. The number of nitro benzene ring substituents is 1. The average molecular weight is 332 g/mol. The fourth-order valence-corrected chi connectivity index (χ4v) is 2.42. The van der Waals surface area contributed by atoms with Crippen molar-refractivity contribution in [1.29, 1.82) is 0 Å². The van der Waals surface area contributed by atoms with Gasteiger partial charge in [0, 0.05) is 17.5 Å². The van der Waals surface area contributed by atoms with Gasteiger partial charge >= 0.3 is 5.91 Å². The van der Waals surface area contributed by atoms with Gasteiger partial charge in [-0.05, 0) is 17.5 Å². The Morgan fingerprint density at radius 2 is 1.76 bits per heavy atom. The minimum Gasteiger partial charge on any atom is -0.757 e. The van der Waals surface area contributed by atoms with Crippen molar-refractivity contribution >= 4 is 39.6 Å². The zero-order chi connectivity index (χ0) is 17.8. The number of benzene rings is 2. The Kier molecular flexibility index (Phi) is 4.32. The van der Waals surface area contributed by atoms with Crippen LogP contribution in [0.3, 0.4) is 0 Å². The van der Waals surface area contributed by atoms with Crippen LogP contribution in [0.25, 0.3) is 21.9 Å². The molecule has 0 unspecified atom stereocenters.